The molecule has 0 aromatic carbocycles. The minimum atomic E-state index is 0.402. The summed E-state index contributed by atoms with van der Waals surface area (Å²) in [7, 11) is 0. The van der Waals surface area contributed by atoms with Crippen molar-refractivity contribution in [3.8, 4) is 0 Å². The third-order valence-electron chi connectivity index (χ3n) is 3.13. The highest BCUT2D eigenvalue weighted by Crippen LogP contribution is 2.23. The molecule has 2 aromatic heterocycles. The number of aromatic nitrogens is 1. The second-order valence-electron chi connectivity index (χ2n) is 4.40. The van der Waals surface area contributed by atoms with E-state index in [4.69, 9.17) is 0 Å². The molecule has 0 fully saturated rings. The van der Waals surface area contributed by atoms with Crippen LogP contribution >= 0.6 is 22.7 Å². The van der Waals surface area contributed by atoms with Gasteiger partial charge in [0.1, 0.15) is 0 Å². The van der Waals surface area contributed by atoms with Gasteiger partial charge in [-0.25, -0.2) is 4.98 Å². The summed E-state index contributed by atoms with van der Waals surface area (Å²) in [6.45, 7) is 9.46. The van der Waals surface area contributed by atoms with Crippen molar-refractivity contribution in [3.05, 3.63) is 33.5 Å². The van der Waals surface area contributed by atoms with Crippen molar-refractivity contribution in [2.45, 2.75) is 33.4 Å². The van der Waals surface area contributed by atoms with Gasteiger partial charge in [0.05, 0.1) is 0 Å². The fourth-order valence-electron chi connectivity index (χ4n) is 1.91. The summed E-state index contributed by atoms with van der Waals surface area (Å²) < 4.78 is 0. The standard InChI is InChI=1S/C14H21N3S2/c1-4-17(5-2)14-16-10-12(19-14)9-15-11(3)13-7-6-8-18-13/h6-8,10-11,15H,4-5,9H2,1-3H3/t11-/m1/s1. The molecule has 0 saturated heterocycles. The monoisotopic (exact) mass is 295 g/mol. The van der Waals surface area contributed by atoms with Crippen LogP contribution in [-0.4, -0.2) is 18.1 Å². The highest BCUT2D eigenvalue weighted by atomic mass is 32.1. The fraction of sp³-hybridized carbons (Fsp3) is 0.500. The lowest BCUT2D eigenvalue weighted by molar-refractivity contribution is 0.587. The molecule has 0 aliphatic rings. The molecule has 0 bridgehead atoms. The first-order valence-corrected chi connectivity index (χ1v) is 8.40. The van der Waals surface area contributed by atoms with Gasteiger partial charge in [-0.2, -0.15) is 0 Å². The van der Waals surface area contributed by atoms with Crippen molar-refractivity contribution >= 4 is 27.8 Å². The summed E-state index contributed by atoms with van der Waals surface area (Å²) in [6.07, 6.45) is 1.99. The number of rotatable bonds is 7. The zero-order chi connectivity index (χ0) is 13.7. The molecule has 2 rings (SSSR count). The number of thiophene rings is 1. The van der Waals surface area contributed by atoms with Gasteiger partial charge >= 0.3 is 0 Å². The second-order valence-corrected chi connectivity index (χ2v) is 6.47. The Morgan fingerprint density at radius 3 is 2.79 bits per heavy atom. The highest BCUT2D eigenvalue weighted by Gasteiger charge is 2.09. The number of nitrogens with one attached hydrogen (secondary N) is 1. The Hall–Kier alpha value is -0.910. The van der Waals surface area contributed by atoms with Crippen LogP contribution in [-0.2, 0) is 6.54 Å². The molecular weight excluding hydrogens is 274 g/mol. The molecule has 0 unspecified atom stereocenters. The van der Waals surface area contributed by atoms with Gasteiger partial charge in [0.25, 0.3) is 0 Å². The Bertz CT molecular complexity index is 475. The largest absolute Gasteiger partial charge is 0.349 e. The van der Waals surface area contributed by atoms with Crippen molar-refractivity contribution in [3.63, 3.8) is 0 Å². The highest BCUT2D eigenvalue weighted by molar-refractivity contribution is 7.15. The average Bonchev–Trinajstić information content (AvgIpc) is 3.09. The smallest absolute Gasteiger partial charge is 0.185 e. The third-order valence-corrected chi connectivity index (χ3v) is 5.24. The van der Waals surface area contributed by atoms with Gasteiger partial charge in [0.15, 0.2) is 5.13 Å². The number of anilines is 1. The maximum Gasteiger partial charge on any atom is 0.185 e. The van der Waals surface area contributed by atoms with E-state index in [-0.39, 0.29) is 0 Å². The van der Waals surface area contributed by atoms with Gasteiger partial charge in [-0.3, -0.25) is 0 Å². The first-order chi connectivity index (χ1) is 9.24. The molecule has 1 N–H and O–H groups in total. The van der Waals surface area contributed by atoms with Crippen LogP contribution < -0.4 is 10.2 Å². The zero-order valence-corrected chi connectivity index (χ0v) is 13.4. The van der Waals surface area contributed by atoms with Crippen molar-refractivity contribution in [2.75, 3.05) is 18.0 Å². The minimum Gasteiger partial charge on any atom is -0.349 e. The molecule has 1 atom stereocenters. The molecule has 0 aliphatic heterocycles. The van der Waals surface area contributed by atoms with Crippen molar-refractivity contribution < 1.29 is 0 Å². The van der Waals surface area contributed by atoms with Crippen LogP contribution in [0.25, 0.3) is 0 Å². The van der Waals surface area contributed by atoms with Crippen LogP contribution in [0.4, 0.5) is 5.13 Å². The molecule has 0 radical (unpaired) electrons. The molecular formula is C14H21N3S2. The van der Waals surface area contributed by atoms with E-state index in [1.165, 1.54) is 9.75 Å². The number of hydrogen-bond donors (Lipinski definition) is 1. The van der Waals surface area contributed by atoms with E-state index in [0.29, 0.717) is 6.04 Å². The van der Waals surface area contributed by atoms with Crippen molar-refractivity contribution in [1.82, 2.24) is 10.3 Å². The Morgan fingerprint density at radius 1 is 1.37 bits per heavy atom. The molecule has 0 amide bonds. The number of nitrogens with zero attached hydrogens (tertiary/aromatic N) is 2. The van der Waals surface area contributed by atoms with Gasteiger partial charge in [0.2, 0.25) is 0 Å². The van der Waals surface area contributed by atoms with Crippen molar-refractivity contribution in [2.24, 2.45) is 0 Å². The van der Waals surface area contributed by atoms with E-state index in [1.807, 2.05) is 6.20 Å². The molecule has 0 spiro atoms. The summed E-state index contributed by atoms with van der Waals surface area (Å²) >= 11 is 3.59. The Morgan fingerprint density at radius 2 is 2.16 bits per heavy atom. The van der Waals surface area contributed by atoms with E-state index in [9.17, 15) is 0 Å². The lowest BCUT2D eigenvalue weighted by Gasteiger charge is -2.16. The Balaban J connectivity index is 1.90. The number of hydrogen-bond acceptors (Lipinski definition) is 5. The summed E-state index contributed by atoms with van der Waals surface area (Å²) in [5, 5.41) is 6.81. The van der Waals surface area contributed by atoms with Gasteiger partial charge in [-0.05, 0) is 32.2 Å². The van der Waals surface area contributed by atoms with Gasteiger partial charge in [-0.15, -0.1) is 22.7 Å². The topological polar surface area (TPSA) is 28.2 Å². The normalized spacial score (nSPS) is 12.6. The second kappa shape index (κ2) is 7.03. The molecule has 104 valence electrons. The third kappa shape index (κ3) is 3.78. The fourth-order valence-corrected chi connectivity index (χ4v) is 3.66. The van der Waals surface area contributed by atoms with Gasteiger partial charge < -0.3 is 10.2 Å². The predicted octanol–water partition coefficient (Wildman–Crippen LogP) is 3.90. The quantitative estimate of drug-likeness (QED) is 0.839. The van der Waals surface area contributed by atoms with E-state index >= 15 is 0 Å². The van der Waals surface area contributed by atoms with Crippen LogP contribution in [0.5, 0.6) is 0 Å². The van der Waals surface area contributed by atoms with Crippen molar-refractivity contribution in [1.29, 1.82) is 0 Å². The molecule has 5 heteroatoms. The molecule has 0 aliphatic carbocycles. The molecule has 3 nitrogen and oxygen atoms in total. The van der Waals surface area contributed by atoms with Crippen LogP contribution in [0.2, 0.25) is 0 Å². The number of thiazole rings is 1. The van der Waals surface area contributed by atoms with Crippen LogP contribution in [0, 0.1) is 0 Å². The summed E-state index contributed by atoms with van der Waals surface area (Å²) in [5.74, 6) is 0. The van der Waals surface area contributed by atoms with Gasteiger partial charge in [-0.1, -0.05) is 6.07 Å². The summed E-state index contributed by atoms with van der Waals surface area (Å²) in [6, 6.07) is 4.68. The van der Waals surface area contributed by atoms with E-state index < -0.39 is 0 Å². The predicted molar refractivity (Wildman–Crippen MR) is 85.2 cm³/mol. The maximum atomic E-state index is 4.51. The van der Waals surface area contributed by atoms with Gasteiger partial charge in [0, 0.05) is 41.6 Å². The average molecular weight is 295 g/mol. The molecule has 2 aromatic rings. The lowest BCUT2D eigenvalue weighted by atomic mass is 10.3. The summed E-state index contributed by atoms with van der Waals surface area (Å²) in [4.78, 5) is 9.47. The van der Waals surface area contributed by atoms with Crippen LogP contribution in [0.3, 0.4) is 0 Å². The van der Waals surface area contributed by atoms with Crippen LogP contribution in [0.15, 0.2) is 23.7 Å². The van der Waals surface area contributed by atoms with E-state index in [2.05, 4.69) is 53.5 Å². The maximum absolute atomic E-state index is 4.51. The first kappa shape index (κ1) is 14.5. The molecule has 0 saturated carbocycles. The zero-order valence-electron chi connectivity index (χ0n) is 11.7. The molecule has 2 heterocycles. The minimum absolute atomic E-state index is 0.402. The summed E-state index contributed by atoms with van der Waals surface area (Å²) in [5.41, 5.74) is 0. The van der Waals surface area contributed by atoms with E-state index in [0.717, 1.165) is 24.8 Å². The van der Waals surface area contributed by atoms with Crippen LogP contribution in [0.1, 0.15) is 36.6 Å². The SMILES string of the molecule is CCN(CC)c1ncc(CN[C@H](C)c2cccs2)s1. The van der Waals surface area contributed by atoms with E-state index in [1.54, 1.807) is 22.7 Å². The Kier molecular flexibility index (Phi) is 5.36. The Labute approximate surface area is 123 Å². The molecule has 19 heavy (non-hydrogen) atoms. The first-order valence-electron chi connectivity index (χ1n) is 6.71. The lowest BCUT2D eigenvalue weighted by Crippen LogP contribution is -2.21.